The van der Waals surface area contributed by atoms with Gasteiger partial charge in [-0.05, 0) is 35.8 Å². The van der Waals surface area contributed by atoms with Crippen molar-refractivity contribution in [3.63, 3.8) is 0 Å². The first-order chi connectivity index (χ1) is 13.2. The first-order valence-corrected chi connectivity index (χ1v) is 11.8. The van der Waals surface area contributed by atoms with E-state index in [0.29, 0.717) is 0 Å². The monoisotopic (exact) mass is 392 g/mol. The summed E-state index contributed by atoms with van der Waals surface area (Å²) in [5.74, 6) is 1.57. The second-order valence-corrected chi connectivity index (χ2v) is 8.86. The van der Waals surface area contributed by atoms with Gasteiger partial charge >= 0.3 is 0 Å². The van der Waals surface area contributed by atoms with Crippen LogP contribution >= 0.6 is 0 Å². The minimum atomic E-state index is 0. The normalized spacial score (nSPS) is 13.4. The number of benzene rings is 1. The van der Waals surface area contributed by atoms with E-state index in [2.05, 4.69) is 56.1 Å². The molecule has 0 aliphatic heterocycles. The molecule has 1 N–H and O–H groups in total. The van der Waals surface area contributed by atoms with E-state index in [0.717, 1.165) is 11.8 Å². The molecule has 0 bridgehead atoms. The van der Waals surface area contributed by atoms with Crippen LogP contribution in [0.1, 0.15) is 104 Å². The summed E-state index contributed by atoms with van der Waals surface area (Å²) in [5, 5.41) is 1.35. The summed E-state index contributed by atoms with van der Waals surface area (Å²) in [6.07, 6.45) is 18.4. The first-order valence-electron chi connectivity index (χ1n) is 11.8. The molecule has 0 aliphatic rings. The summed E-state index contributed by atoms with van der Waals surface area (Å²) in [6.45, 7) is 7.17. The molecule has 153 valence electrons. The summed E-state index contributed by atoms with van der Waals surface area (Å²) >= 11 is 0. The Balaban J connectivity index is 0.00000392. The molecule has 2 atom stereocenters. The fourth-order valence-electron chi connectivity index (χ4n) is 4.21. The summed E-state index contributed by atoms with van der Waals surface area (Å²) in [7, 11) is 0. The Morgan fingerprint density at radius 1 is 0.750 bits per heavy atom. The van der Waals surface area contributed by atoms with Gasteiger partial charge in [-0.2, -0.15) is 0 Å². The van der Waals surface area contributed by atoms with Gasteiger partial charge in [0.25, 0.3) is 0 Å². The van der Waals surface area contributed by atoms with Crippen molar-refractivity contribution in [3.05, 3.63) is 36.0 Å². The van der Waals surface area contributed by atoms with E-state index in [9.17, 15) is 0 Å². The topological polar surface area (TPSA) is 15.8 Å². The molecule has 0 amide bonds. The fourth-order valence-corrected chi connectivity index (χ4v) is 4.21. The fraction of sp³-hybridized carbons (Fsp3) is 0.692. The van der Waals surface area contributed by atoms with Crippen LogP contribution in [0.15, 0.2) is 30.3 Å². The molecule has 0 saturated carbocycles. The van der Waals surface area contributed by atoms with Crippen molar-refractivity contribution in [1.82, 2.24) is 4.98 Å². The van der Waals surface area contributed by atoms with Gasteiger partial charge in [-0.15, -0.1) is 0 Å². The zero-order valence-electron chi connectivity index (χ0n) is 19.2. The van der Waals surface area contributed by atoms with Crippen LogP contribution in [-0.2, 0) is 6.42 Å². The number of H-pyrrole nitrogens is 1. The number of fused-ring (bicyclic) bond motifs is 1. The van der Waals surface area contributed by atoms with Crippen LogP contribution in [0.25, 0.3) is 10.9 Å². The van der Waals surface area contributed by atoms with Crippen LogP contribution in [0, 0.1) is 11.8 Å². The Bertz CT molecular complexity index is 585. The average Bonchev–Trinajstić information content (AvgIpc) is 3.08. The van der Waals surface area contributed by atoms with E-state index in [1.54, 1.807) is 0 Å². The average molecular weight is 393 g/mol. The second-order valence-electron chi connectivity index (χ2n) is 8.86. The van der Waals surface area contributed by atoms with Crippen molar-refractivity contribution in [2.45, 2.75) is 104 Å². The Labute approximate surface area is 196 Å². The number of para-hydroxylation sites is 1. The van der Waals surface area contributed by atoms with Crippen LogP contribution in [0.5, 0.6) is 0 Å². The molecule has 2 rings (SSSR count). The van der Waals surface area contributed by atoms with Crippen LogP contribution in [0.3, 0.4) is 0 Å². The minimum Gasteiger partial charge on any atom is -0.358 e. The third-order valence-corrected chi connectivity index (χ3v) is 6.36. The smallest absolute Gasteiger partial charge is 0.0456 e. The second kappa shape index (κ2) is 15.6. The van der Waals surface area contributed by atoms with Crippen LogP contribution in [0.2, 0.25) is 0 Å². The van der Waals surface area contributed by atoms with E-state index in [-0.39, 0.29) is 29.6 Å². The maximum Gasteiger partial charge on any atom is 0.0456 e. The van der Waals surface area contributed by atoms with Crippen molar-refractivity contribution in [1.29, 1.82) is 0 Å². The van der Waals surface area contributed by atoms with Gasteiger partial charge in [0.05, 0.1) is 0 Å². The summed E-state index contributed by atoms with van der Waals surface area (Å²) in [6, 6.07) is 11.0. The van der Waals surface area contributed by atoms with E-state index < -0.39 is 0 Å². The van der Waals surface area contributed by atoms with E-state index in [1.165, 1.54) is 100 Å². The van der Waals surface area contributed by atoms with Gasteiger partial charge in [-0.25, -0.2) is 0 Å². The summed E-state index contributed by atoms with van der Waals surface area (Å²) in [5.41, 5.74) is 2.67. The van der Waals surface area contributed by atoms with Gasteiger partial charge in [0.1, 0.15) is 0 Å². The first kappa shape index (κ1) is 25.8. The van der Waals surface area contributed by atoms with Gasteiger partial charge in [0, 0.05) is 40.8 Å². The molecule has 0 saturated heterocycles. The maximum absolute atomic E-state index is 3.59. The standard InChI is InChI=1S/C26H43N.Na/c1-4-5-6-7-8-9-10-11-12-13-14-17-22(2)23(3)20-25-21-24-18-15-16-19-26(24)27-25;/h15-16,18-19,21-23,27H,4-14,17,20H2,1-3H3;. The van der Waals surface area contributed by atoms with Crippen molar-refractivity contribution >= 4 is 40.5 Å². The van der Waals surface area contributed by atoms with Crippen molar-refractivity contribution < 1.29 is 0 Å². The molecule has 1 radical (unpaired) electrons. The number of nitrogens with one attached hydrogen (secondary N) is 1. The summed E-state index contributed by atoms with van der Waals surface area (Å²) < 4.78 is 0. The maximum atomic E-state index is 3.59. The van der Waals surface area contributed by atoms with Gasteiger partial charge in [0.15, 0.2) is 0 Å². The predicted octanol–water partition coefficient (Wildman–Crippen LogP) is 8.30. The molecular formula is C26H43NNa. The zero-order valence-corrected chi connectivity index (χ0v) is 21.2. The largest absolute Gasteiger partial charge is 0.358 e. The molecular weight excluding hydrogens is 349 g/mol. The predicted molar refractivity (Wildman–Crippen MR) is 127 cm³/mol. The third kappa shape index (κ3) is 9.99. The molecule has 2 heteroatoms. The molecule has 1 nitrogen and oxygen atoms in total. The number of aromatic nitrogens is 1. The Morgan fingerprint density at radius 2 is 1.32 bits per heavy atom. The SMILES string of the molecule is CCCCCCCCCCCCCC(C)C(C)Cc1cc2ccccc2[nH]1.[Na]. The van der Waals surface area contributed by atoms with E-state index in [4.69, 9.17) is 0 Å². The molecule has 28 heavy (non-hydrogen) atoms. The quantitative estimate of drug-likeness (QED) is 0.232. The number of unbranched alkanes of at least 4 members (excludes halogenated alkanes) is 10. The van der Waals surface area contributed by atoms with Crippen molar-refractivity contribution in [2.75, 3.05) is 0 Å². The van der Waals surface area contributed by atoms with Crippen LogP contribution in [-0.4, -0.2) is 34.5 Å². The van der Waals surface area contributed by atoms with Gasteiger partial charge in [-0.3, -0.25) is 0 Å². The molecule has 1 heterocycles. The molecule has 0 spiro atoms. The molecule has 0 aliphatic carbocycles. The molecule has 2 unspecified atom stereocenters. The van der Waals surface area contributed by atoms with Crippen molar-refractivity contribution in [3.8, 4) is 0 Å². The third-order valence-electron chi connectivity index (χ3n) is 6.36. The molecule has 1 aromatic heterocycles. The Morgan fingerprint density at radius 3 is 1.93 bits per heavy atom. The van der Waals surface area contributed by atoms with Gasteiger partial charge in [0.2, 0.25) is 0 Å². The number of rotatable bonds is 15. The number of aromatic amines is 1. The molecule has 1 aromatic carbocycles. The van der Waals surface area contributed by atoms with Crippen LogP contribution in [0.4, 0.5) is 0 Å². The summed E-state index contributed by atoms with van der Waals surface area (Å²) in [4.78, 5) is 3.59. The Hall–Kier alpha value is -0.240. The molecule has 0 fully saturated rings. The minimum absolute atomic E-state index is 0. The number of hydrogen-bond donors (Lipinski definition) is 1. The zero-order chi connectivity index (χ0) is 19.3. The molecule has 2 aromatic rings. The number of hydrogen-bond acceptors (Lipinski definition) is 0. The van der Waals surface area contributed by atoms with Gasteiger partial charge in [-0.1, -0.05) is 116 Å². The van der Waals surface area contributed by atoms with E-state index >= 15 is 0 Å². The van der Waals surface area contributed by atoms with E-state index in [1.807, 2.05) is 0 Å². The van der Waals surface area contributed by atoms with Crippen LogP contribution < -0.4 is 0 Å². The van der Waals surface area contributed by atoms with Crippen molar-refractivity contribution in [2.24, 2.45) is 11.8 Å². The van der Waals surface area contributed by atoms with Gasteiger partial charge < -0.3 is 4.98 Å². The Kier molecular flexibility index (Phi) is 14.4.